The molecule has 2 aromatic rings. The third-order valence-corrected chi connectivity index (χ3v) is 8.98. The van der Waals surface area contributed by atoms with E-state index in [1.165, 1.54) is 4.57 Å². The second-order valence-electron chi connectivity index (χ2n) is 9.17. The molecule has 2 unspecified atom stereocenters. The van der Waals surface area contributed by atoms with E-state index in [0.717, 1.165) is 0 Å². The maximum Gasteiger partial charge on any atom is 0.352 e. The number of hydrogen-bond donors (Lipinski definition) is 2. The van der Waals surface area contributed by atoms with Gasteiger partial charge in [-0.2, -0.15) is 0 Å². The molecule has 2 spiro atoms. The second kappa shape index (κ2) is 3.52. The van der Waals surface area contributed by atoms with Crippen molar-refractivity contribution in [2.24, 2.45) is 34.5 Å². The number of para-hydroxylation sites is 1. The van der Waals surface area contributed by atoms with Gasteiger partial charge in [-0.1, -0.05) is 30.4 Å². The number of aliphatic hydroxyl groups excluding tert-OH is 2. The van der Waals surface area contributed by atoms with Gasteiger partial charge in [-0.15, -0.1) is 0 Å². The molecule has 7 aliphatic rings. The quantitative estimate of drug-likeness (QED) is 0.680. The summed E-state index contributed by atoms with van der Waals surface area (Å²) in [4.78, 5) is 26.7. The van der Waals surface area contributed by atoms with Gasteiger partial charge in [-0.3, -0.25) is 0 Å². The van der Waals surface area contributed by atoms with Crippen LogP contribution in [0.3, 0.4) is 0 Å². The molecule has 0 amide bonds. The molecule has 5 aliphatic carbocycles. The summed E-state index contributed by atoms with van der Waals surface area (Å²) >= 11 is 0. The van der Waals surface area contributed by atoms with Crippen molar-refractivity contribution < 1.29 is 10.2 Å². The summed E-state index contributed by atoms with van der Waals surface area (Å²) in [6.07, 6.45) is 2.07. The van der Waals surface area contributed by atoms with Crippen molar-refractivity contribution in [2.75, 3.05) is 0 Å². The first-order valence-corrected chi connectivity index (χ1v) is 9.65. The van der Waals surface area contributed by atoms with Crippen molar-refractivity contribution in [1.29, 1.82) is 0 Å². The van der Waals surface area contributed by atoms with E-state index in [1.807, 2.05) is 18.2 Å². The van der Waals surface area contributed by atoms with Gasteiger partial charge in [0.05, 0.1) is 30.0 Å². The molecular weight excluding hydrogens is 346 g/mol. The zero-order valence-electron chi connectivity index (χ0n) is 14.2. The molecule has 10 atom stereocenters. The van der Waals surface area contributed by atoms with Gasteiger partial charge in [-0.25, -0.2) is 23.5 Å². The fourth-order valence-corrected chi connectivity index (χ4v) is 8.69. The lowest BCUT2D eigenvalue weighted by molar-refractivity contribution is -0.0942. The molecule has 4 saturated carbocycles. The maximum atomic E-state index is 13.4. The summed E-state index contributed by atoms with van der Waals surface area (Å²) in [6.45, 7) is 0. The van der Waals surface area contributed by atoms with Crippen molar-refractivity contribution in [2.45, 2.75) is 24.3 Å². The van der Waals surface area contributed by atoms with E-state index >= 15 is 0 Å². The first-order chi connectivity index (χ1) is 13.1. The maximum absolute atomic E-state index is 13.4. The molecule has 1 aromatic carbocycles. The highest BCUT2D eigenvalue weighted by Crippen LogP contribution is 3.04. The van der Waals surface area contributed by atoms with Gasteiger partial charge in [-0.05, 0) is 35.8 Å². The van der Waals surface area contributed by atoms with Crippen LogP contribution >= 0.6 is 0 Å². The summed E-state index contributed by atoms with van der Waals surface area (Å²) in [5.74, 6) is 1.37. The van der Waals surface area contributed by atoms with Gasteiger partial charge in [0.15, 0.2) is 0 Å². The summed E-state index contributed by atoms with van der Waals surface area (Å²) in [5.41, 5.74) is -1.04. The van der Waals surface area contributed by atoms with Crippen molar-refractivity contribution in [1.82, 2.24) is 13.9 Å². The minimum atomic E-state index is -0.664. The minimum absolute atomic E-state index is 0.192. The number of benzene rings is 1. The van der Waals surface area contributed by atoms with E-state index in [-0.39, 0.29) is 29.4 Å². The molecule has 3 heterocycles. The van der Waals surface area contributed by atoms with Crippen molar-refractivity contribution in [3.63, 3.8) is 0 Å². The van der Waals surface area contributed by atoms with Crippen molar-refractivity contribution >= 4 is 0 Å². The Morgan fingerprint density at radius 3 is 1.81 bits per heavy atom. The number of nitrogens with zero attached hydrogens (tertiary/aromatic N) is 3. The lowest BCUT2D eigenvalue weighted by atomic mass is 9.64. The summed E-state index contributed by atoms with van der Waals surface area (Å²) in [7, 11) is 0. The average molecular weight is 363 g/mol. The van der Waals surface area contributed by atoms with Crippen LogP contribution in [0.15, 0.2) is 52.1 Å². The molecule has 7 heteroatoms. The predicted molar refractivity (Wildman–Crippen MR) is 92.3 cm³/mol. The second-order valence-corrected chi connectivity index (χ2v) is 9.17. The standard InChI is InChI=1S/C20H17N3O4/c24-9-6-7-10(25)20-14-11-12-13(11)16(20)23-18(27)21(8-4-2-1-3-5-8)17(26)22(23)15(12)19(9,14)20/h1-7,9-16,24-25H/t9-,10+,11?,12-,13-,14?,15-,16-,19+,20+/m0/s1. The first-order valence-electron chi connectivity index (χ1n) is 9.65. The van der Waals surface area contributed by atoms with E-state index in [1.54, 1.807) is 33.6 Å². The third-order valence-electron chi connectivity index (χ3n) is 8.98. The van der Waals surface area contributed by atoms with Crippen LogP contribution < -0.4 is 11.4 Å². The van der Waals surface area contributed by atoms with Gasteiger partial charge in [0, 0.05) is 10.8 Å². The van der Waals surface area contributed by atoms with E-state index in [9.17, 15) is 19.8 Å². The summed E-state index contributed by atoms with van der Waals surface area (Å²) in [6, 6.07) is 8.61. The lowest BCUT2D eigenvalue weighted by Crippen LogP contribution is -2.59. The van der Waals surface area contributed by atoms with E-state index in [2.05, 4.69) is 0 Å². The Morgan fingerprint density at radius 2 is 1.30 bits per heavy atom. The number of hydrogen-bond acceptors (Lipinski definition) is 4. The Balaban J connectivity index is 1.48. The SMILES string of the molecule is O=c1n(-c2ccccc2)c(=O)n2n1[C@H]1[C@H]3C4C5[C@]16[C@H](O)C=C[C@H](O)[C@]56[C@@H]2[C@@H]43. The highest BCUT2D eigenvalue weighted by Gasteiger charge is 3.06. The van der Waals surface area contributed by atoms with Crippen LogP contribution in [0.5, 0.6) is 0 Å². The Morgan fingerprint density at radius 1 is 0.778 bits per heavy atom. The van der Waals surface area contributed by atoms with E-state index in [0.29, 0.717) is 23.4 Å². The third kappa shape index (κ3) is 0.953. The van der Waals surface area contributed by atoms with Crippen LogP contribution in [0.25, 0.3) is 5.69 Å². The molecule has 27 heavy (non-hydrogen) atoms. The van der Waals surface area contributed by atoms with Crippen LogP contribution in [0.4, 0.5) is 0 Å². The van der Waals surface area contributed by atoms with Gasteiger partial charge in [0.1, 0.15) is 0 Å². The molecule has 0 saturated heterocycles. The molecule has 9 rings (SSSR count). The Kier molecular flexibility index (Phi) is 1.79. The van der Waals surface area contributed by atoms with Gasteiger partial charge >= 0.3 is 11.4 Å². The summed E-state index contributed by atoms with van der Waals surface area (Å²) < 4.78 is 4.53. The average Bonchev–Trinajstić information content (AvgIpc) is 3.45. The van der Waals surface area contributed by atoms with Gasteiger partial charge < -0.3 is 10.2 Å². The van der Waals surface area contributed by atoms with Crippen LogP contribution in [0.1, 0.15) is 12.1 Å². The first kappa shape index (κ1) is 13.7. The molecule has 2 aliphatic heterocycles. The highest BCUT2D eigenvalue weighted by molar-refractivity contribution is 5.54. The largest absolute Gasteiger partial charge is 0.388 e. The molecule has 4 fully saturated rings. The van der Waals surface area contributed by atoms with Crippen LogP contribution in [0, 0.1) is 34.5 Å². The molecule has 136 valence electrons. The van der Waals surface area contributed by atoms with Crippen molar-refractivity contribution in [3.05, 3.63) is 63.5 Å². The monoisotopic (exact) mass is 363 g/mol. The lowest BCUT2D eigenvalue weighted by Gasteiger charge is -2.51. The molecule has 2 N–H and O–H groups in total. The molecule has 7 nitrogen and oxygen atoms in total. The fraction of sp³-hybridized carbons (Fsp3) is 0.500. The zero-order valence-corrected chi connectivity index (χ0v) is 14.2. The van der Waals surface area contributed by atoms with E-state index < -0.39 is 23.0 Å². The number of aliphatic hydroxyl groups is 2. The normalized spacial score (nSPS) is 53.3. The van der Waals surface area contributed by atoms with E-state index in [4.69, 9.17) is 0 Å². The van der Waals surface area contributed by atoms with Crippen molar-refractivity contribution in [3.8, 4) is 5.69 Å². The Hall–Kier alpha value is -2.38. The van der Waals surface area contributed by atoms with Gasteiger partial charge in [0.2, 0.25) is 0 Å². The highest BCUT2D eigenvalue weighted by atomic mass is 16.3. The summed E-state index contributed by atoms with van der Waals surface area (Å²) in [5, 5.41) is 21.9. The van der Waals surface area contributed by atoms with Crippen LogP contribution in [-0.2, 0) is 0 Å². The predicted octanol–water partition coefficient (Wildman–Crippen LogP) is -0.320. The number of rotatable bonds is 1. The van der Waals surface area contributed by atoms with Gasteiger partial charge in [0.25, 0.3) is 0 Å². The molecule has 2 bridgehead atoms. The topological polar surface area (TPSA) is 89.4 Å². The molecule has 1 aromatic heterocycles. The van der Waals surface area contributed by atoms with Crippen LogP contribution in [-0.4, -0.2) is 36.4 Å². The Bertz CT molecular complexity index is 1150. The zero-order chi connectivity index (χ0) is 18.0. The molecular formula is C20H17N3O4. The van der Waals surface area contributed by atoms with Crippen LogP contribution in [0.2, 0.25) is 0 Å². The fourth-order valence-electron chi connectivity index (χ4n) is 8.69. The minimum Gasteiger partial charge on any atom is -0.388 e. The smallest absolute Gasteiger partial charge is 0.352 e. The number of aromatic nitrogens is 3. The Labute approximate surface area is 152 Å². The molecule has 0 radical (unpaired) electrons.